The van der Waals surface area contributed by atoms with Crippen molar-refractivity contribution in [3.63, 3.8) is 0 Å². The summed E-state index contributed by atoms with van der Waals surface area (Å²) in [5, 5.41) is 11.8. The molecule has 1 atom stereocenters. The highest BCUT2D eigenvalue weighted by Gasteiger charge is 2.25. The summed E-state index contributed by atoms with van der Waals surface area (Å²) in [6.45, 7) is 3.17. The Morgan fingerprint density at radius 2 is 1.86 bits per heavy atom. The van der Waals surface area contributed by atoms with Gasteiger partial charge < -0.3 is 20.2 Å². The summed E-state index contributed by atoms with van der Waals surface area (Å²) >= 11 is 0. The zero-order valence-electron chi connectivity index (χ0n) is 12.9. The molecule has 0 bridgehead atoms. The molecule has 2 aliphatic rings. The van der Waals surface area contributed by atoms with Gasteiger partial charge in [0.25, 0.3) is 0 Å². The van der Waals surface area contributed by atoms with Crippen LogP contribution < -0.4 is 5.32 Å². The smallest absolute Gasteiger partial charge is 0.317 e. The fourth-order valence-corrected chi connectivity index (χ4v) is 3.31. The molecule has 0 spiro atoms. The predicted octanol–water partition coefficient (Wildman–Crippen LogP) is 1.37. The van der Waals surface area contributed by atoms with E-state index in [1.54, 1.807) is 0 Å². The number of likely N-dealkylation sites (tertiary alicyclic amines) is 2. The first-order valence-corrected chi connectivity index (χ1v) is 8.01. The lowest BCUT2D eigenvalue weighted by Crippen LogP contribution is -2.49. The fourth-order valence-electron chi connectivity index (χ4n) is 3.31. The number of aliphatic carboxylic acids is 1. The Morgan fingerprint density at radius 3 is 2.48 bits per heavy atom. The molecule has 2 aliphatic heterocycles. The molecule has 0 aromatic carbocycles. The number of carboxylic acid groups (broad SMARTS) is 1. The van der Waals surface area contributed by atoms with Crippen molar-refractivity contribution in [2.45, 2.75) is 44.6 Å². The molecule has 2 N–H and O–H groups in total. The van der Waals surface area contributed by atoms with Crippen LogP contribution in [0.3, 0.4) is 0 Å². The summed E-state index contributed by atoms with van der Waals surface area (Å²) in [5.41, 5.74) is 0. The maximum absolute atomic E-state index is 12.2. The number of carboxylic acids is 1. The Hall–Kier alpha value is -1.30. The molecule has 2 saturated heterocycles. The Labute approximate surface area is 126 Å². The second-order valence-electron chi connectivity index (χ2n) is 6.34. The van der Waals surface area contributed by atoms with Crippen LogP contribution in [0.4, 0.5) is 4.79 Å². The number of carbonyl (C=O) groups is 2. The molecule has 120 valence electrons. The van der Waals surface area contributed by atoms with Gasteiger partial charge in [0.05, 0.1) is 0 Å². The van der Waals surface area contributed by atoms with Gasteiger partial charge in [-0.25, -0.2) is 4.79 Å². The Kier molecular flexibility index (Phi) is 5.85. The standard InChI is InChI=1S/C15H27N3O3/c1-17-7-3-2-4-13(17)11-16-15(21)18-8-5-12(6-9-18)10-14(19)20/h12-13H,2-11H2,1H3,(H,16,21)(H,19,20). The second kappa shape index (κ2) is 7.64. The maximum atomic E-state index is 12.2. The minimum Gasteiger partial charge on any atom is -0.481 e. The van der Waals surface area contributed by atoms with E-state index >= 15 is 0 Å². The van der Waals surface area contributed by atoms with Crippen molar-refractivity contribution in [2.75, 3.05) is 33.2 Å². The molecule has 1 unspecified atom stereocenters. The quantitative estimate of drug-likeness (QED) is 0.822. The fraction of sp³-hybridized carbons (Fsp3) is 0.867. The topological polar surface area (TPSA) is 72.9 Å². The number of piperidine rings is 2. The van der Waals surface area contributed by atoms with Crippen molar-refractivity contribution in [1.82, 2.24) is 15.1 Å². The van der Waals surface area contributed by atoms with Gasteiger partial charge >= 0.3 is 12.0 Å². The Balaban J connectivity index is 1.68. The first-order valence-electron chi connectivity index (χ1n) is 8.01. The number of nitrogens with one attached hydrogen (secondary N) is 1. The van der Waals surface area contributed by atoms with E-state index < -0.39 is 5.97 Å². The number of hydrogen-bond donors (Lipinski definition) is 2. The van der Waals surface area contributed by atoms with E-state index in [0.29, 0.717) is 25.7 Å². The van der Waals surface area contributed by atoms with Gasteiger partial charge in [-0.1, -0.05) is 6.42 Å². The van der Waals surface area contributed by atoms with Crippen molar-refractivity contribution >= 4 is 12.0 Å². The molecule has 6 nitrogen and oxygen atoms in total. The molecule has 6 heteroatoms. The van der Waals surface area contributed by atoms with E-state index in [4.69, 9.17) is 5.11 Å². The number of amides is 2. The van der Waals surface area contributed by atoms with Gasteiger partial charge in [0.2, 0.25) is 0 Å². The normalized spacial score (nSPS) is 24.8. The molecule has 0 saturated carbocycles. The van der Waals surface area contributed by atoms with Gasteiger partial charge in [-0.15, -0.1) is 0 Å². The number of likely N-dealkylation sites (N-methyl/N-ethyl adjacent to an activating group) is 1. The highest BCUT2D eigenvalue weighted by Crippen LogP contribution is 2.20. The van der Waals surface area contributed by atoms with Gasteiger partial charge in [-0.05, 0) is 45.2 Å². The molecule has 2 heterocycles. The minimum atomic E-state index is -0.738. The van der Waals surface area contributed by atoms with Crippen LogP contribution in [0.2, 0.25) is 0 Å². The van der Waals surface area contributed by atoms with Crippen LogP contribution in [0, 0.1) is 5.92 Å². The van der Waals surface area contributed by atoms with E-state index in [1.165, 1.54) is 12.8 Å². The summed E-state index contributed by atoms with van der Waals surface area (Å²) in [5.74, 6) is -0.519. The Bertz CT molecular complexity index is 367. The third kappa shape index (κ3) is 4.88. The predicted molar refractivity (Wildman–Crippen MR) is 80.2 cm³/mol. The van der Waals surface area contributed by atoms with Crippen molar-refractivity contribution in [3.8, 4) is 0 Å². The molecule has 0 aliphatic carbocycles. The summed E-state index contributed by atoms with van der Waals surface area (Å²) in [6, 6.07) is 0.454. The first-order chi connectivity index (χ1) is 10.1. The zero-order chi connectivity index (χ0) is 15.2. The number of nitrogens with zero attached hydrogens (tertiary/aromatic N) is 2. The van der Waals surface area contributed by atoms with E-state index in [2.05, 4.69) is 17.3 Å². The average Bonchev–Trinajstić information content (AvgIpc) is 2.46. The summed E-state index contributed by atoms with van der Waals surface area (Å²) < 4.78 is 0. The molecule has 2 rings (SSSR count). The largest absolute Gasteiger partial charge is 0.481 e. The maximum Gasteiger partial charge on any atom is 0.317 e. The first kappa shape index (κ1) is 16.1. The minimum absolute atomic E-state index is 0.00254. The van der Waals surface area contributed by atoms with Crippen LogP contribution in [-0.4, -0.2) is 66.2 Å². The van der Waals surface area contributed by atoms with Crippen molar-refractivity contribution in [3.05, 3.63) is 0 Å². The van der Waals surface area contributed by atoms with Crippen LogP contribution in [0.5, 0.6) is 0 Å². The highest BCUT2D eigenvalue weighted by molar-refractivity contribution is 5.74. The lowest BCUT2D eigenvalue weighted by Gasteiger charge is -2.35. The lowest BCUT2D eigenvalue weighted by molar-refractivity contribution is -0.138. The average molecular weight is 297 g/mol. The second-order valence-corrected chi connectivity index (χ2v) is 6.34. The molecule has 2 amide bonds. The van der Waals surface area contributed by atoms with Crippen molar-refractivity contribution in [2.24, 2.45) is 5.92 Å². The number of carbonyl (C=O) groups excluding carboxylic acids is 1. The molecule has 0 radical (unpaired) electrons. The summed E-state index contributed by atoms with van der Waals surface area (Å²) in [4.78, 5) is 27.0. The molecule has 0 aromatic heterocycles. The van der Waals surface area contributed by atoms with Crippen LogP contribution in [0.25, 0.3) is 0 Å². The van der Waals surface area contributed by atoms with E-state index in [0.717, 1.165) is 25.8 Å². The van der Waals surface area contributed by atoms with Crippen LogP contribution in [-0.2, 0) is 4.79 Å². The third-order valence-electron chi connectivity index (χ3n) is 4.78. The zero-order valence-corrected chi connectivity index (χ0v) is 12.9. The van der Waals surface area contributed by atoms with Gasteiger partial charge in [0.1, 0.15) is 0 Å². The van der Waals surface area contributed by atoms with E-state index in [1.807, 2.05) is 4.90 Å². The van der Waals surface area contributed by atoms with E-state index in [9.17, 15) is 9.59 Å². The summed E-state index contributed by atoms with van der Waals surface area (Å²) in [6.07, 6.45) is 5.45. The molecule has 0 aromatic rings. The third-order valence-corrected chi connectivity index (χ3v) is 4.78. The monoisotopic (exact) mass is 297 g/mol. The summed E-state index contributed by atoms with van der Waals surface area (Å²) in [7, 11) is 2.12. The van der Waals surface area contributed by atoms with Crippen LogP contribution in [0.15, 0.2) is 0 Å². The SMILES string of the molecule is CN1CCCCC1CNC(=O)N1CCC(CC(=O)O)CC1. The molecule has 21 heavy (non-hydrogen) atoms. The van der Waals surface area contributed by atoms with Gasteiger partial charge in [-0.2, -0.15) is 0 Å². The van der Waals surface area contributed by atoms with Gasteiger partial charge in [-0.3, -0.25) is 4.79 Å². The lowest BCUT2D eigenvalue weighted by atomic mass is 9.94. The molecule has 2 fully saturated rings. The van der Waals surface area contributed by atoms with Gasteiger partial charge in [0, 0.05) is 32.1 Å². The van der Waals surface area contributed by atoms with Crippen LogP contribution >= 0.6 is 0 Å². The van der Waals surface area contributed by atoms with Crippen molar-refractivity contribution < 1.29 is 14.7 Å². The molecular formula is C15H27N3O3. The Morgan fingerprint density at radius 1 is 1.14 bits per heavy atom. The van der Waals surface area contributed by atoms with Crippen LogP contribution in [0.1, 0.15) is 38.5 Å². The van der Waals surface area contributed by atoms with E-state index in [-0.39, 0.29) is 18.4 Å². The number of rotatable bonds is 4. The molecular weight excluding hydrogens is 270 g/mol. The highest BCUT2D eigenvalue weighted by atomic mass is 16.4. The number of urea groups is 1. The van der Waals surface area contributed by atoms with Crippen molar-refractivity contribution in [1.29, 1.82) is 0 Å². The van der Waals surface area contributed by atoms with Gasteiger partial charge in [0.15, 0.2) is 0 Å². The number of hydrogen-bond acceptors (Lipinski definition) is 3.